The van der Waals surface area contributed by atoms with Crippen molar-refractivity contribution in [1.29, 1.82) is 0 Å². The van der Waals surface area contributed by atoms with Crippen molar-refractivity contribution in [2.45, 2.75) is 20.8 Å². The molecule has 0 atom stereocenters. The van der Waals surface area contributed by atoms with E-state index in [0.29, 0.717) is 11.1 Å². The van der Waals surface area contributed by atoms with Crippen molar-refractivity contribution in [2.75, 3.05) is 11.9 Å². The first-order valence-corrected chi connectivity index (χ1v) is 5.60. The van der Waals surface area contributed by atoms with Gasteiger partial charge in [0.1, 0.15) is 0 Å². The second kappa shape index (κ2) is 3.87. The number of rotatable bonds is 2. The van der Waals surface area contributed by atoms with Crippen molar-refractivity contribution >= 4 is 17.5 Å². The molecule has 0 bridgehead atoms. The van der Waals surface area contributed by atoms with Crippen LogP contribution in [0.4, 0.5) is 5.69 Å². The van der Waals surface area contributed by atoms with E-state index in [1.165, 1.54) is 0 Å². The Labute approximate surface area is 100 Å². The second-order valence-electron chi connectivity index (χ2n) is 5.46. The van der Waals surface area contributed by atoms with Crippen molar-refractivity contribution < 1.29 is 9.59 Å². The van der Waals surface area contributed by atoms with Gasteiger partial charge < -0.3 is 5.32 Å². The lowest BCUT2D eigenvalue weighted by molar-refractivity contribution is 0.0879. The SMILES string of the molecule is CC(C)(C)CNc1ccc2c(c1)C(=O)NC2=O. The zero-order valence-corrected chi connectivity index (χ0v) is 10.3. The Morgan fingerprint density at radius 2 is 1.76 bits per heavy atom. The summed E-state index contributed by atoms with van der Waals surface area (Å²) in [6.45, 7) is 7.19. The highest BCUT2D eigenvalue weighted by Gasteiger charge is 2.26. The Morgan fingerprint density at radius 1 is 1.12 bits per heavy atom. The van der Waals surface area contributed by atoms with Gasteiger partial charge in [-0.05, 0) is 23.6 Å². The van der Waals surface area contributed by atoms with E-state index in [-0.39, 0.29) is 17.2 Å². The molecule has 17 heavy (non-hydrogen) atoms. The number of hydrogen-bond donors (Lipinski definition) is 2. The smallest absolute Gasteiger partial charge is 0.259 e. The molecule has 0 unspecified atom stereocenters. The molecule has 2 rings (SSSR count). The summed E-state index contributed by atoms with van der Waals surface area (Å²) in [7, 11) is 0. The van der Waals surface area contributed by atoms with E-state index in [4.69, 9.17) is 0 Å². The molecule has 90 valence electrons. The largest absolute Gasteiger partial charge is 0.384 e. The van der Waals surface area contributed by atoms with Crippen molar-refractivity contribution in [1.82, 2.24) is 5.32 Å². The van der Waals surface area contributed by atoms with Gasteiger partial charge in [-0.3, -0.25) is 14.9 Å². The molecule has 1 aromatic rings. The number of carbonyl (C=O) groups excluding carboxylic acids is 2. The first-order valence-electron chi connectivity index (χ1n) is 5.60. The molecule has 4 heteroatoms. The maximum absolute atomic E-state index is 11.5. The summed E-state index contributed by atoms with van der Waals surface area (Å²) in [4.78, 5) is 22.8. The van der Waals surface area contributed by atoms with E-state index in [0.717, 1.165) is 12.2 Å². The van der Waals surface area contributed by atoms with Gasteiger partial charge in [0.2, 0.25) is 0 Å². The standard InChI is InChI=1S/C13H16N2O2/c1-13(2,3)7-14-8-4-5-9-10(6-8)12(17)15-11(9)16/h4-6,14H,7H2,1-3H3,(H,15,16,17). The molecule has 0 saturated carbocycles. The van der Waals surface area contributed by atoms with Crippen LogP contribution in [0.15, 0.2) is 18.2 Å². The van der Waals surface area contributed by atoms with Crippen molar-refractivity contribution in [2.24, 2.45) is 5.41 Å². The van der Waals surface area contributed by atoms with Crippen LogP contribution in [0.3, 0.4) is 0 Å². The maximum Gasteiger partial charge on any atom is 0.259 e. The fourth-order valence-electron chi connectivity index (χ4n) is 1.65. The number of benzene rings is 1. The summed E-state index contributed by atoms with van der Waals surface area (Å²) in [5, 5.41) is 5.53. The summed E-state index contributed by atoms with van der Waals surface area (Å²) in [6, 6.07) is 5.23. The highest BCUT2D eigenvalue weighted by Crippen LogP contribution is 2.21. The lowest BCUT2D eigenvalue weighted by atomic mass is 9.97. The molecule has 0 aromatic heterocycles. The highest BCUT2D eigenvalue weighted by molar-refractivity contribution is 6.21. The Balaban J connectivity index is 2.20. The van der Waals surface area contributed by atoms with Gasteiger partial charge in [0.15, 0.2) is 0 Å². The van der Waals surface area contributed by atoms with Crippen molar-refractivity contribution in [3.63, 3.8) is 0 Å². The summed E-state index contributed by atoms with van der Waals surface area (Å²) in [5.74, 6) is -0.628. The molecular formula is C13H16N2O2. The highest BCUT2D eigenvalue weighted by atomic mass is 16.2. The minimum absolute atomic E-state index is 0.164. The van der Waals surface area contributed by atoms with E-state index < -0.39 is 0 Å². The number of carbonyl (C=O) groups is 2. The Kier molecular flexibility index (Phi) is 2.65. The van der Waals surface area contributed by atoms with Crippen LogP contribution < -0.4 is 10.6 Å². The molecule has 0 radical (unpaired) electrons. The second-order valence-corrected chi connectivity index (χ2v) is 5.46. The van der Waals surface area contributed by atoms with E-state index in [9.17, 15) is 9.59 Å². The number of fused-ring (bicyclic) bond motifs is 1. The fraction of sp³-hybridized carbons (Fsp3) is 0.385. The minimum Gasteiger partial charge on any atom is -0.384 e. The number of hydrogen-bond acceptors (Lipinski definition) is 3. The topological polar surface area (TPSA) is 58.2 Å². The fourth-order valence-corrected chi connectivity index (χ4v) is 1.65. The van der Waals surface area contributed by atoms with Crippen molar-refractivity contribution in [3.8, 4) is 0 Å². The zero-order valence-electron chi connectivity index (χ0n) is 10.3. The predicted octanol–water partition coefficient (Wildman–Crippen LogP) is 2.03. The first-order chi connectivity index (χ1) is 7.87. The van der Waals surface area contributed by atoms with E-state index in [1.807, 2.05) is 6.07 Å². The molecule has 1 aromatic carbocycles. The van der Waals surface area contributed by atoms with Crippen LogP contribution in [0, 0.1) is 5.41 Å². The maximum atomic E-state index is 11.5. The van der Waals surface area contributed by atoms with Gasteiger partial charge in [-0.15, -0.1) is 0 Å². The van der Waals surface area contributed by atoms with E-state index in [2.05, 4.69) is 31.4 Å². The van der Waals surface area contributed by atoms with Gasteiger partial charge in [-0.2, -0.15) is 0 Å². The number of imide groups is 1. The third kappa shape index (κ3) is 2.46. The summed E-state index contributed by atoms with van der Waals surface area (Å²) >= 11 is 0. The molecule has 4 nitrogen and oxygen atoms in total. The van der Waals surface area contributed by atoms with Crippen LogP contribution >= 0.6 is 0 Å². The molecule has 0 spiro atoms. The Hall–Kier alpha value is -1.84. The lowest BCUT2D eigenvalue weighted by Gasteiger charge is -2.19. The van der Waals surface area contributed by atoms with Gasteiger partial charge in [-0.1, -0.05) is 20.8 Å². The molecule has 2 N–H and O–H groups in total. The van der Waals surface area contributed by atoms with Crippen LogP contribution in [0.2, 0.25) is 0 Å². The van der Waals surface area contributed by atoms with Gasteiger partial charge in [0.25, 0.3) is 11.8 Å². The van der Waals surface area contributed by atoms with Crippen LogP contribution in [0.5, 0.6) is 0 Å². The molecule has 1 aliphatic heterocycles. The average molecular weight is 232 g/mol. The Bertz CT molecular complexity index is 487. The summed E-state index contributed by atoms with van der Waals surface area (Å²) in [6.07, 6.45) is 0. The normalized spacial score (nSPS) is 14.5. The minimum atomic E-state index is -0.315. The molecule has 0 fully saturated rings. The molecule has 1 aliphatic rings. The monoisotopic (exact) mass is 232 g/mol. The average Bonchev–Trinajstić information content (AvgIpc) is 2.51. The van der Waals surface area contributed by atoms with Crippen LogP contribution in [0.1, 0.15) is 41.5 Å². The molecule has 2 amide bonds. The van der Waals surface area contributed by atoms with Gasteiger partial charge in [0, 0.05) is 12.2 Å². The van der Waals surface area contributed by atoms with Crippen LogP contribution in [-0.2, 0) is 0 Å². The first kappa shape index (κ1) is 11.6. The third-order valence-corrected chi connectivity index (χ3v) is 2.56. The number of nitrogens with one attached hydrogen (secondary N) is 2. The van der Waals surface area contributed by atoms with E-state index >= 15 is 0 Å². The van der Waals surface area contributed by atoms with Crippen molar-refractivity contribution in [3.05, 3.63) is 29.3 Å². The number of anilines is 1. The summed E-state index contributed by atoms with van der Waals surface area (Å²) < 4.78 is 0. The number of amides is 2. The Morgan fingerprint density at radius 3 is 2.41 bits per heavy atom. The van der Waals surface area contributed by atoms with E-state index in [1.54, 1.807) is 12.1 Å². The van der Waals surface area contributed by atoms with Crippen LogP contribution in [0.25, 0.3) is 0 Å². The predicted molar refractivity (Wildman–Crippen MR) is 66.2 cm³/mol. The zero-order chi connectivity index (χ0) is 12.6. The quantitative estimate of drug-likeness (QED) is 0.767. The molecule has 1 heterocycles. The molecule has 0 saturated heterocycles. The molecule has 0 aliphatic carbocycles. The third-order valence-electron chi connectivity index (χ3n) is 2.56. The van der Waals surface area contributed by atoms with Gasteiger partial charge in [0.05, 0.1) is 11.1 Å². The van der Waals surface area contributed by atoms with Gasteiger partial charge >= 0.3 is 0 Å². The van der Waals surface area contributed by atoms with Gasteiger partial charge in [-0.25, -0.2) is 0 Å². The van der Waals surface area contributed by atoms with Crippen LogP contribution in [-0.4, -0.2) is 18.4 Å². The molecular weight excluding hydrogens is 216 g/mol. The summed E-state index contributed by atoms with van der Waals surface area (Å²) in [5.41, 5.74) is 1.94. The lowest BCUT2D eigenvalue weighted by Crippen LogP contribution is -2.20.